The zero-order chi connectivity index (χ0) is 23.3. The minimum absolute atomic E-state index is 0.349. The largest absolute Gasteiger partial charge is 0.495 e. The second-order valence-corrected chi connectivity index (χ2v) is 8.74. The summed E-state index contributed by atoms with van der Waals surface area (Å²) in [7, 11) is 3.31. The molecule has 0 aliphatic carbocycles. The molecule has 5 aromatic rings. The molecule has 0 aliphatic rings. The monoisotopic (exact) mass is 459 g/mol. The summed E-state index contributed by atoms with van der Waals surface area (Å²) in [6.07, 6.45) is 6.79. The van der Waals surface area contributed by atoms with Crippen LogP contribution in [0.3, 0.4) is 0 Å². The number of thiophene rings is 1. The molecule has 0 spiro atoms. The summed E-state index contributed by atoms with van der Waals surface area (Å²) in [4.78, 5) is 36.4. The van der Waals surface area contributed by atoms with E-state index < -0.39 is 5.69 Å². The zero-order valence-electron chi connectivity index (χ0n) is 18.6. The highest BCUT2D eigenvalue weighted by Crippen LogP contribution is 2.38. The maximum Gasteiger partial charge on any atom is 0.336 e. The third kappa shape index (κ3) is 3.28. The van der Waals surface area contributed by atoms with Gasteiger partial charge in [0.1, 0.15) is 10.6 Å². The van der Waals surface area contributed by atoms with Crippen LogP contribution in [0.1, 0.15) is 11.3 Å². The second-order valence-electron chi connectivity index (χ2n) is 7.74. The van der Waals surface area contributed by atoms with Crippen molar-refractivity contribution in [3.8, 4) is 27.6 Å². The van der Waals surface area contributed by atoms with Crippen molar-refractivity contribution >= 4 is 21.6 Å². The summed E-state index contributed by atoms with van der Waals surface area (Å²) in [6, 6.07) is 9.30. The van der Waals surface area contributed by atoms with Crippen LogP contribution in [0, 0.1) is 13.8 Å². The molecule has 0 saturated heterocycles. The van der Waals surface area contributed by atoms with E-state index in [1.54, 1.807) is 38.8 Å². The van der Waals surface area contributed by atoms with Gasteiger partial charge in [-0.05, 0) is 49.2 Å². The van der Waals surface area contributed by atoms with Crippen LogP contribution in [0.5, 0.6) is 5.75 Å². The third-order valence-electron chi connectivity index (χ3n) is 5.66. The molecule has 0 atom stereocenters. The standard InChI is InChI=1S/C24H21N5O3S/c1-14-12-28(13-26-14)18-8-7-16(10-19(18)32-4)21-15(2)20-22(30)29(17-6-5-9-25-11-17)24(31)27(3)23(20)33-21/h5-13H,1-4H3. The Labute approximate surface area is 193 Å². The van der Waals surface area contributed by atoms with Gasteiger partial charge in [0.15, 0.2) is 0 Å². The molecular formula is C24H21N5O3S. The summed E-state index contributed by atoms with van der Waals surface area (Å²) in [6.45, 7) is 3.84. The first kappa shape index (κ1) is 20.9. The van der Waals surface area contributed by atoms with E-state index in [-0.39, 0.29) is 5.56 Å². The highest BCUT2D eigenvalue weighted by atomic mass is 32.1. The molecule has 0 amide bonds. The number of hydrogen-bond acceptors (Lipinski definition) is 6. The molecule has 4 heterocycles. The number of pyridine rings is 1. The van der Waals surface area contributed by atoms with Gasteiger partial charge in [-0.25, -0.2) is 14.3 Å². The minimum atomic E-state index is -0.406. The van der Waals surface area contributed by atoms with Crippen molar-refractivity contribution in [1.82, 2.24) is 23.7 Å². The number of aromatic nitrogens is 5. The van der Waals surface area contributed by atoms with E-state index in [9.17, 15) is 9.59 Å². The fourth-order valence-electron chi connectivity index (χ4n) is 4.00. The lowest BCUT2D eigenvalue weighted by molar-refractivity contribution is 0.413. The molecule has 0 N–H and O–H groups in total. The number of nitrogens with zero attached hydrogens (tertiary/aromatic N) is 5. The molecule has 9 heteroatoms. The summed E-state index contributed by atoms with van der Waals surface area (Å²) < 4.78 is 10.3. The summed E-state index contributed by atoms with van der Waals surface area (Å²) >= 11 is 1.42. The van der Waals surface area contributed by atoms with E-state index in [1.165, 1.54) is 26.7 Å². The van der Waals surface area contributed by atoms with Crippen LogP contribution in [0.15, 0.2) is 64.8 Å². The summed E-state index contributed by atoms with van der Waals surface area (Å²) in [5.74, 6) is 0.684. The number of fused-ring (bicyclic) bond motifs is 1. The van der Waals surface area contributed by atoms with Crippen LogP contribution in [0.2, 0.25) is 0 Å². The van der Waals surface area contributed by atoms with Crippen molar-refractivity contribution < 1.29 is 4.74 Å². The lowest BCUT2D eigenvalue weighted by atomic mass is 10.1. The normalized spacial score (nSPS) is 11.3. The van der Waals surface area contributed by atoms with E-state index in [1.807, 2.05) is 42.8 Å². The second kappa shape index (κ2) is 7.86. The van der Waals surface area contributed by atoms with Crippen LogP contribution in [0.4, 0.5) is 0 Å². The number of methoxy groups -OCH3 is 1. The fraction of sp³-hybridized carbons (Fsp3) is 0.167. The van der Waals surface area contributed by atoms with Gasteiger partial charge in [0, 0.05) is 24.3 Å². The van der Waals surface area contributed by atoms with Crippen LogP contribution in [-0.2, 0) is 7.05 Å². The molecule has 5 rings (SSSR count). The van der Waals surface area contributed by atoms with Crippen LogP contribution >= 0.6 is 11.3 Å². The Morgan fingerprint density at radius 2 is 1.94 bits per heavy atom. The highest BCUT2D eigenvalue weighted by molar-refractivity contribution is 7.22. The lowest BCUT2D eigenvalue weighted by Crippen LogP contribution is -2.37. The first-order chi connectivity index (χ1) is 15.9. The van der Waals surface area contributed by atoms with Gasteiger partial charge in [-0.1, -0.05) is 6.07 Å². The Morgan fingerprint density at radius 3 is 2.61 bits per heavy atom. The van der Waals surface area contributed by atoms with Crippen molar-refractivity contribution in [1.29, 1.82) is 0 Å². The minimum Gasteiger partial charge on any atom is -0.495 e. The van der Waals surface area contributed by atoms with Gasteiger partial charge in [-0.3, -0.25) is 14.3 Å². The molecule has 0 fully saturated rings. The van der Waals surface area contributed by atoms with E-state index in [0.717, 1.165) is 27.4 Å². The highest BCUT2D eigenvalue weighted by Gasteiger charge is 2.21. The number of hydrogen-bond donors (Lipinski definition) is 0. The van der Waals surface area contributed by atoms with Crippen molar-refractivity contribution in [3.05, 3.63) is 87.3 Å². The number of imidazole rings is 1. The Bertz CT molecular complexity index is 1630. The predicted molar refractivity (Wildman–Crippen MR) is 129 cm³/mol. The van der Waals surface area contributed by atoms with Gasteiger partial charge < -0.3 is 9.30 Å². The number of rotatable bonds is 4. The summed E-state index contributed by atoms with van der Waals surface area (Å²) in [5, 5.41) is 0.522. The first-order valence-electron chi connectivity index (χ1n) is 10.3. The zero-order valence-corrected chi connectivity index (χ0v) is 19.4. The van der Waals surface area contributed by atoms with Crippen molar-refractivity contribution in [2.75, 3.05) is 7.11 Å². The van der Waals surface area contributed by atoms with E-state index in [4.69, 9.17) is 4.74 Å². The predicted octanol–water partition coefficient (Wildman–Crippen LogP) is 3.62. The molecule has 4 aromatic heterocycles. The molecular weight excluding hydrogens is 438 g/mol. The van der Waals surface area contributed by atoms with Gasteiger partial charge >= 0.3 is 5.69 Å². The number of aryl methyl sites for hydroxylation is 3. The van der Waals surface area contributed by atoms with Crippen molar-refractivity contribution in [3.63, 3.8) is 0 Å². The Hall–Kier alpha value is -3.98. The molecule has 0 aliphatic heterocycles. The Kier molecular flexibility index (Phi) is 4.98. The molecule has 0 bridgehead atoms. The van der Waals surface area contributed by atoms with Crippen LogP contribution in [0.25, 0.3) is 32.0 Å². The SMILES string of the molecule is COc1cc(-c2sc3c(c2C)c(=O)n(-c2cccnc2)c(=O)n3C)ccc1-n1cnc(C)c1. The summed E-state index contributed by atoms with van der Waals surface area (Å²) in [5.41, 5.74) is 3.20. The number of ether oxygens (including phenoxy) is 1. The first-order valence-corrected chi connectivity index (χ1v) is 11.1. The van der Waals surface area contributed by atoms with Gasteiger partial charge in [0.05, 0.1) is 42.1 Å². The van der Waals surface area contributed by atoms with Crippen LogP contribution in [-0.4, -0.2) is 30.8 Å². The average molecular weight is 460 g/mol. The van der Waals surface area contributed by atoms with Crippen LogP contribution < -0.4 is 16.0 Å². The third-order valence-corrected chi connectivity index (χ3v) is 7.08. The molecule has 33 heavy (non-hydrogen) atoms. The maximum atomic E-state index is 13.4. The molecule has 166 valence electrons. The van der Waals surface area contributed by atoms with E-state index in [0.29, 0.717) is 21.7 Å². The fourth-order valence-corrected chi connectivity index (χ4v) is 5.25. The van der Waals surface area contributed by atoms with Gasteiger partial charge in [0.25, 0.3) is 5.56 Å². The molecule has 8 nitrogen and oxygen atoms in total. The van der Waals surface area contributed by atoms with Gasteiger partial charge in [-0.15, -0.1) is 11.3 Å². The number of benzene rings is 1. The Morgan fingerprint density at radius 1 is 1.12 bits per heavy atom. The van der Waals surface area contributed by atoms with E-state index in [2.05, 4.69) is 9.97 Å². The lowest BCUT2D eigenvalue weighted by Gasteiger charge is -2.11. The molecule has 0 radical (unpaired) electrons. The van der Waals surface area contributed by atoms with Crippen molar-refractivity contribution in [2.45, 2.75) is 13.8 Å². The van der Waals surface area contributed by atoms with Gasteiger partial charge in [0.2, 0.25) is 0 Å². The topological polar surface area (TPSA) is 83.9 Å². The van der Waals surface area contributed by atoms with Crippen molar-refractivity contribution in [2.24, 2.45) is 7.05 Å². The Balaban J connectivity index is 1.73. The average Bonchev–Trinajstić information content (AvgIpc) is 3.41. The molecule has 1 aromatic carbocycles. The quantitative estimate of drug-likeness (QED) is 0.410. The molecule has 0 saturated carbocycles. The maximum absolute atomic E-state index is 13.4. The smallest absolute Gasteiger partial charge is 0.336 e. The van der Waals surface area contributed by atoms with E-state index >= 15 is 0 Å². The van der Waals surface area contributed by atoms with Gasteiger partial charge in [-0.2, -0.15) is 0 Å². The molecule has 0 unspecified atom stereocenters.